The SMILES string of the molecule is CCOc1cccc(Sc2nc(N)cc(N)n2)c1N. The average molecular weight is 277 g/mol. The third kappa shape index (κ3) is 3.19. The van der Waals surface area contributed by atoms with Crippen molar-refractivity contribution in [3.63, 3.8) is 0 Å². The van der Waals surface area contributed by atoms with E-state index in [-0.39, 0.29) is 0 Å². The van der Waals surface area contributed by atoms with E-state index in [1.54, 1.807) is 0 Å². The molecule has 1 aromatic heterocycles. The second kappa shape index (κ2) is 5.66. The second-order valence-electron chi connectivity index (χ2n) is 3.70. The summed E-state index contributed by atoms with van der Waals surface area (Å²) in [4.78, 5) is 9.00. The Hall–Kier alpha value is -2.15. The van der Waals surface area contributed by atoms with Gasteiger partial charge in [-0.15, -0.1) is 0 Å². The maximum absolute atomic E-state index is 6.03. The highest BCUT2D eigenvalue weighted by Crippen LogP contribution is 2.35. The van der Waals surface area contributed by atoms with Crippen LogP contribution in [-0.4, -0.2) is 16.6 Å². The highest BCUT2D eigenvalue weighted by Gasteiger charge is 2.10. The second-order valence-corrected chi connectivity index (χ2v) is 4.71. The summed E-state index contributed by atoms with van der Waals surface area (Å²) in [6.45, 7) is 2.46. The lowest BCUT2D eigenvalue weighted by molar-refractivity contribution is 0.341. The standard InChI is InChI=1S/C12H15N5OS/c1-2-18-7-4-3-5-8(11(7)15)19-12-16-9(13)6-10(14)17-12/h3-6H,2,15H2,1H3,(H4,13,14,16,17). The van der Waals surface area contributed by atoms with E-state index in [0.717, 1.165) is 4.90 Å². The monoisotopic (exact) mass is 277 g/mol. The van der Waals surface area contributed by atoms with Crippen molar-refractivity contribution >= 4 is 29.1 Å². The van der Waals surface area contributed by atoms with Gasteiger partial charge in [0.1, 0.15) is 17.4 Å². The summed E-state index contributed by atoms with van der Waals surface area (Å²) in [5, 5.41) is 0.456. The van der Waals surface area contributed by atoms with Gasteiger partial charge in [-0.3, -0.25) is 0 Å². The zero-order valence-electron chi connectivity index (χ0n) is 10.5. The van der Waals surface area contributed by atoms with Crippen LogP contribution < -0.4 is 21.9 Å². The molecule has 0 amide bonds. The molecule has 0 fully saturated rings. The molecule has 2 rings (SSSR count). The average Bonchev–Trinajstić information content (AvgIpc) is 2.33. The number of hydrogen-bond acceptors (Lipinski definition) is 7. The Morgan fingerprint density at radius 1 is 1.16 bits per heavy atom. The number of nitrogens with two attached hydrogens (primary N) is 3. The third-order valence-electron chi connectivity index (χ3n) is 2.27. The van der Waals surface area contributed by atoms with Gasteiger partial charge in [0, 0.05) is 11.0 Å². The molecule has 0 unspecified atom stereocenters. The van der Waals surface area contributed by atoms with Gasteiger partial charge in [0.25, 0.3) is 0 Å². The largest absolute Gasteiger partial charge is 0.492 e. The zero-order chi connectivity index (χ0) is 13.8. The molecule has 0 aliphatic heterocycles. The van der Waals surface area contributed by atoms with Crippen molar-refractivity contribution in [2.75, 3.05) is 23.8 Å². The smallest absolute Gasteiger partial charge is 0.196 e. The molecule has 0 spiro atoms. The lowest BCUT2D eigenvalue weighted by Crippen LogP contribution is -2.00. The number of nitrogens with zero attached hydrogens (tertiary/aromatic N) is 2. The van der Waals surface area contributed by atoms with E-state index >= 15 is 0 Å². The van der Waals surface area contributed by atoms with Gasteiger partial charge in [0.15, 0.2) is 5.16 Å². The molecule has 2 aromatic rings. The summed E-state index contributed by atoms with van der Waals surface area (Å²) in [7, 11) is 0. The fourth-order valence-electron chi connectivity index (χ4n) is 1.50. The van der Waals surface area contributed by atoms with Crippen molar-refractivity contribution < 1.29 is 4.74 Å². The molecule has 100 valence electrons. The quantitative estimate of drug-likeness (QED) is 0.576. The first-order chi connectivity index (χ1) is 9.10. The minimum atomic E-state index is 0.328. The first-order valence-electron chi connectivity index (χ1n) is 5.69. The van der Waals surface area contributed by atoms with Crippen LogP contribution in [0.15, 0.2) is 34.3 Å². The van der Waals surface area contributed by atoms with E-state index in [4.69, 9.17) is 21.9 Å². The summed E-state index contributed by atoms with van der Waals surface area (Å²) in [6.07, 6.45) is 0. The number of para-hydroxylation sites is 1. The minimum absolute atomic E-state index is 0.328. The Morgan fingerprint density at radius 3 is 2.47 bits per heavy atom. The maximum Gasteiger partial charge on any atom is 0.196 e. The molecular formula is C12H15N5OS. The summed E-state index contributed by atoms with van der Waals surface area (Å²) in [5.41, 5.74) is 17.8. The molecule has 0 bridgehead atoms. The van der Waals surface area contributed by atoms with Gasteiger partial charge >= 0.3 is 0 Å². The summed E-state index contributed by atoms with van der Waals surface area (Å²) in [6, 6.07) is 7.05. The molecule has 1 heterocycles. The first kappa shape index (κ1) is 13.3. The lowest BCUT2D eigenvalue weighted by atomic mass is 10.3. The molecule has 0 radical (unpaired) electrons. The van der Waals surface area contributed by atoms with Crippen molar-refractivity contribution in [2.24, 2.45) is 0 Å². The summed E-state index contributed by atoms with van der Waals surface area (Å²) < 4.78 is 5.43. The molecule has 0 aliphatic carbocycles. The predicted octanol–water partition coefficient (Wildman–Crippen LogP) is 1.77. The van der Waals surface area contributed by atoms with Crippen LogP contribution in [0, 0.1) is 0 Å². The minimum Gasteiger partial charge on any atom is -0.492 e. The molecule has 6 nitrogen and oxygen atoms in total. The van der Waals surface area contributed by atoms with Crippen LogP contribution >= 0.6 is 11.8 Å². The van der Waals surface area contributed by atoms with Gasteiger partial charge < -0.3 is 21.9 Å². The summed E-state index contributed by atoms with van der Waals surface area (Å²) >= 11 is 1.30. The number of benzene rings is 1. The maximum atomic E-state index is 6.03. The molecule has 0 atom stereocenters. The van der Waals surface area contributed by atoms with E-state index in [0.29, 0.717) is 34.8 Å². The fraction of sp³-hybridized carbons (Fsp3) is 0.167. The highest BCUT2D eigenvalue weighted by atomic mass is 32.2. The van der Waals surface area contributed by atoms with E-state index < -0.39 is 0 Å². The molecule has 1 aromatic carbocycles. The van der Waals surface area contributed by atoms with Crippen molar-refractivity contribution in [3.8, 4) is 5.75 Å². The Bertz CT molecular complexity index is 570. The van der Waals surface area contributed by atoms with Crippen LogP contribution in [0.4, 0.5) is 17.3 Å². The van der Waals surface area contributed by atoms with Gasteiger partial charge in [-0.1, -0.05) is 6.07 Å². The van der Waals surface area contributed by atoms with Gasteiger partial charge in [0.2, 0.25) is 0 Å². The van der Waals surface area contributed by atoms with E-state index in [1.807, 2.05) is 25.1 Å². The third-order valence-corrected chi connectivity index (χ3v) is 3.21. The van der Waals surface area contributed by atoms with E-state index in [2.05, 4.69) is 9.97 Å². The first-order valence-corrected chi connectivity index (χ1v) is 6.51. The number of aromatic nitrogens is 2. The molecular weight excluding hydrogens is 262 g/mol. The molecule has 0 saturated carbocycles. The number of anilines is 3. The van der Waals surface area contributed by atoms with Crippen LogP contribution in [0.3, 0.4) is 0 Å². The number of rotatable bonds is 4. The van der Waals surface area contributed by atoms with Crippen molar-refractivity contribution in [1.29, 1.82) is 0 Å². The van der Waals surface area contributed by atoms with E-state index in [9.17, 15) is 0 Å². The topological polar surface area (TPSA) is 113 Å². The van der Waals surface area contributed by atoms with Crippen LogP contribution in [0.1, 0.15) is 6.92 Å². The molecule has 6 N–H and O–H groups in total. The molecule has 0 aliphatic rings. The van der Waals surface area contributed by atoms with Gasteiger partial charge in [-0.2, -0.15) is 0 Å². The highest BCUT2D eigenvalue weighted by molar-refractivity contribution is 7.99. The Balaban J connectivity index is 2.30. The van der Waals surface area contributed by atoms with Crippen LogP contribution in [0.25, 0.3) is 0 Å². The number of nitrogen functional groups attached to an aromatic ring is 3. The lowest BCUT2D eigenvalue weighted by Gasteiger charge is -2.10. The summed E-state index contributed by atoms with van der Waals surface area (Å²) in [5.74, 6) is 1.30. The molecule has 0 saturated heterocycles. The van der Waals surface area contributed by atoms with Crippen molar-refractivity contribution in [1.82, 2.24) is 9.97 Å². The Morgan fingerprint density at radius 2 is 1.84 bits per heavy atom. The van der Waals surface area contributed by atoms with Crippen molar-refractivity contribution in [3.05, 3.63) is 24.3 Å². The Kier molecular flexibility index (Phi) is 3.96. The van der Waals surface area contributed by atoms with Gasteiger partial charge in [-0.25, -0.2) is 9.97 Å². The van der Waals surface area contributed by atoms with Crippen LogP contribution in [-0.2, 0) is 0 Å². The number of ether oxygens (including phenoxy) is 1. The van der Waals surface area contributed by atoms with Gasteiger partial charge in [-0.05, 0) is 30.8 Å². The van der Waals surface area contributed by atoms with Crippen LogP contribution in [0.5, 0.6) is 5.75 Å². The normalized spacial score (nSPS) is 10.4. The Labute approximate surface area is 115 Å². The van der Waals surface area contributed by atoms with Crippen LogP contribution in [0.2, 0.25) is 0 Å². The van der Waals surface area contributed by atoms with E-state index in [1.165, 1.54) is 17.8 Å². The number of hydrogen-bond donors (Lipinski definition) is 3. The van der Waals surface area contributed by atoms with Crippen molar-refractivity contribution in [2.45, 2.75) is 17.0 Å². The molecule has 19 heavy (non-hydrogen) atoms. The molecule has 7 heteroatoms. The zero-order valence-corrected chi connectivity index (χ0v) is 11.3. The fourth-order valence-corrected chi connectivity index (χ4v) is 2.36. The predicted molar refractivity (Wildman–Crippen MR) is 77.0 cm³/mol. The van der Waals surface area contributed by atoms with Gasteiger partial charge in [0.05, 0.1) is 12.3 Å².